The first kappa shape index (κ1) is 12.8. The minimum absolute atomic E-state index is 0.378. The van der Waals surface area contributed by atoms with E-state index in [1.165, 1.54) is 19.4 Å². The van der Waals surface area contributed by atoms with E-state index in [0.717, 1.165) is 24.7 Å². The van der Waals surface area contributed by atoms with Crippen LogP contribution in [0.2, 0.25) is 5.02 Å². The molecule has 1 saturated carbocycles. The zero-order chi connectivity index (χ0) is 13.4. The lowest BCUT2D eigenvalue weighted by molar-refractivity contribution is 0.100. The average Bonchev–Trinajstić information content (AvgIpc) is 3.12. The van der Waals surface area contributed by atoms with Gasteiger partial charge in [0.15, 0.2) is 0 Å². The summed E-state index contributed by atoms with van der Waals surface area (Å²) in [5.41, 5.74) is 6.60. The minimum atomic E-state index is -0.486. The van der Waals surface area contributed by atoms with Crippen LogP contribution in [0.4, 0.5) is 5.69 Å². The van der Waals surface area contributed by atoms with E-state index in [-0.39, 0.29) is 0 Å². The molecule has 5 heteroatoms. The highest BCUT2D eigenvalue weighted by molar-refractivity contribution is 6.33. The van der Waals surface area contributed by atoms with Crippen LogP contribution < -0.4 is 11.1 Å². The third kappa shape index (κ3) is 2.85. The molecule has 0 aromatic heterocycles. The van der Waals surface area contributed by atoms with Gasteiger partial charge >= 0.3 is 0 Å². The molecule has 1 aromatic rings. The van der Waals surface area contributed by atoms with Gasteiger partial charge in [0.1, 0.15) is 0 Å². The summed E-state index contributed by atoms with van der Waals surface area (Å²) in [7, 11) is 0. The molecule has 102 valence electrons. The van der Waals surface area contributed by atoms with E-state index in [2.05, 4.69) is 10.2 Å². The van der Waals surface area contributed by atoms with Gasteiger partial charge in [0.25, 0.3) is 0 Å². The molecular weight excluding hydrogens is 262 g/mol. The molecule has 1 saturated heterocycles. The standard InChI is InChI=1S/C14H18ClN3O/c15-13-4-1-9(7-12(13)14(16)19)17-10-5-6-18(8-10)11-2-3-11/h1,4,7,10-11,17H,2-3,5-6,8H2,(H2,16,19). The van der Waals surface area contributed by atoms with Crippen LogP contribution >= 0.6 is 11.6 Å². The second kappa shape index (κ2) is 5.02. The number of amides is 1. The number of primary amides is 1. The van der Waals surface area contributed by atoms with Gasteiger partial charge < -0.3 is 11.1 Å². The van der Waals surface area contributed by atoms with E-state index in [0.29, 0.717) is 16.6 Å². The first-order chi connectivity index (χ1) is 9.13. The van der Waals surface area contributed by atoms with Crippen LogP contribution in [0.5, 0.6) is 0 Å². The Labute approximate surface area is 117 Å². The lowest BCUT2D eigenvalue weighted by Gasteiger charge is -2.17. The first-order valence-corrected chi connectivity index (χ1v) is 7.11. The molecule has 4 nitrogen and oxygen atoms in total. The minimum Gasteiger partial charge on any atom is -0.381 e. The topological polar surface area (TPSA) is 58.4 Å². The number of likely N-dealkylation sites (tertiary alicyclic amines) is 1. The average molecular weight is 280 g/mol. The van der Waals surface area contributed by atoms with Crippen LogP contribution in [0, 0.1) is 0 Å². The Morgan fingerprint density at radius 1 is 1.37 bits per heavy atom. The summed E-state index contributed by atoms with van der Waals surface area (Å²) in [6.07, 6.45) is 3.84. The number of benzene rings is 1. The Bertz CT molecular complexity index is 501. The van der Waals surface area contributed by atoms with Crippen molar-refractivity contribution in [2.45, 2.75) is 31.3 Å². The van der Waals surface area contributed by atoms with Crippen LogP contribution in [-0.4, -0.2) is 36.0 Å². The van der Waals surface area contributed by atoms with Gasteiger partial charge in [-0.3, -0.25) is 9.69 Å². The molecule has 2 fully saturated rings. The molecule has 1 aliphatic heterocycles. The van der Waals surface area contributed by atoms with E-state index >= 15 is 0 Å². The highest BCUT2D eigenvalue weighted by Crippen LogP contribution is 2.31. The zero-order valence-electron chi connectivity index (χ0n) is 10.7. The number of nitrogens with one attached hydrogen (secondary N) is 1. The van der Waals surface area contributed by atoms with Crippen molar-refractivity contribution in [1.82, 2.24) is 4.90 Å². The van der Waals surface area contributed by atoms with E-state index < -0.39 is 5.91 Å². The number of nitrogens with zero attached hydrogens (tertiary/aromatic N) is 1. The molecule has 0 spiro atoms. The molecule has 1 heterocycles. The Hall–Kier alpha value is -1.26. The molecule has 1 amide bonds. The van der Waals surface area contributed by atoms with Crippen molar-refractivity contribution in [1.29, 1.82) is 0 Å². The lowest BCUT2D eigenvalue weighted by Crippen LogP contribution is -2.27. The smallest absolute Gasteiger partial charge is 0.250 e. The normalized spacial score (nSPS) is 23.5. The Morgan fingerprint density at radius 3 is 2.84 bits per heavy atom. The van der Waals surface area contributed by atoms with Crippen LogP contribution in [0.25, 0.3) is 0 Å². The van der Waals surface area contributed by atoms with Crippen LogP contribution in [0.1, 0.15) is 29.6 Å². The SMILES string of the molecule is NC(=O)c1cc(NC2CCN(C3CC3)C2)ccc1Cl. The highest BCUT2D eigenvalue weighted by atomic mass is 35.5. The molecule has 3 rings (SSSR count). The number of hydrogen-bond donors (Lipinski definition) is 2. The molecular formula is C14H18ClN3O. The number of hydrogen-bond acceptors (Lipinski definition) is 3. The van der Waals surface area contributed by atoms with Crippen molar-refractivity contribution in [3.05, 3.63) is 28.8 Å². The fourth-order valence-electron chi connectivity index (χ4n) is 2.72. The van der Waals surface area contributed by atoms with E-state index in [1.54, 1.807) is 12.1 Å². The van der Waals surface area contributed by atoms with Crippen molar-refractivity contribution in [2.75, 3.05) is 18.4 Å². The summed E-state index contributed by atoms with van der Waals surface area (Å²) < 4.78 is 0. The molecule has 0 radical (unpaired) electrons. The van der Waals surface area contributed by atoms with Gasteiger partial charge in [0.05, 0.1) is 10.6 Å². The van der Waals surface area contributed by atoms with Gasteiger partial charge in [0.2, 0.25) is 5.91 Å². The van der Waals surface area contributed by atoms with Crippen molar-refractivity contribution < 1.29 is 4.79 Å². The highest BCUT2D eigenvalue weighted by Gasteiger charge is 2.34. The molecule has 1 unspecified atom stereocenters. The number of anilines is 1. The molecule has 3 N–H and O–H groups in total. The number of carbonyl (C=O) groups excluding carboxylic acids is 1. The molecule has 1 aliphatic carbocycles. The summed E-state index contributed by atoms with van der Waals surface area (Å²) in [6.45, 7) is 2.25. The van der Waals surface area contributed by atoms with Gasteiger partial charge in [-0.1, -0.05) is 11.6 Å². The molecule has 19 heavy (non-hydrogen) atoms. The van der Waals surface area contributed by atoms with Gasteiger partial charge in [-0.2, -0.15) is 0 Å². The third-order valence-electron chi connectivity index (χ3n) is 3.89. The first-order valence-electron chi connectivity index (χ1n) is 6.73. The maximum atomic E-state index is 11.3. The Morgan fingerprint density at radius 2 is 2.16 bits per heavy atom. The fourth-order valence-corrected chi connectivity index (χ4v) is 2.93. The quantitative estimate of drug-likeness (QED) is 0.887. The summed E-state index contributed by atoms with van der Waals surface area (Å²) in [6, 6.07) is 6.62. The van der Waals surface area contributed by atoms with Gasteiger partial charge in [0, 0.05) is 30.9 Å². The number of halogens is 1. The van der Waals surface area contributed by atoms with Crippen molar-refractivity contribution in [3.63, 3.8) is 0 Å². The number of carbonyl (C=O) groups is 1. The monoisotopic (exact) mass is 279 g/mol. The second-order valence-corrected chi connectivity index (χ2v) is 5.82. The van der Waals surface area contributed by atoms with Gasteiger partial charge in [-0.05, 0) is 37.5 Å². The van der Waals surface area contributed by atoms with Crippen molar-refractivity contribution in [3.8, 4) is 0 Å². The van der Waals surface area contributed by atoms with E-state index in [9.17, 15) is 4.79 Å². The van der Waals surface area contributed by atoms with Crippen LogP contribution in [-0.2, 0) is 0 Å². The maximum Gasteiger partial charge on any atom is 0.250 e. The van der Waals surface area contributed by atoms with Gasteiger partial charge in [-0.25, -0.2) is 0 Å². The molecule has 1 atom stereocenters. The third-order valence-corrected chi connectivity index (χ3v) is 4.22. The van der Waals surface area contributed by atoms with Crippen molar-refractivity contribution >= 4 is 23.2 Å². The second-order valence-electron chi connectivity index (χ2n) is 5.41. The predicted molar refractivity (Wildman–Crippen MR) is 76.6 cm³/mol. The zero-order valence-corrected chi connectivity index (χ0v) is 11.5. The Kier molecular flexibility index (Phi) is 3.37. The lowest BCUT2D eigenvalue weighted by atomic mass is 10.1. The van der Waals surface area contributed by atoms with E-state index in [4.69, 9.17) is 17.3 Å². The number of rotatable bonds is 4. The van der Waals surface area contributed by atoms with Gasteiger partial charge in [-0.15, -0.1) is 0 Å². The largest absolute Gasteiger partial charge is 0.381 e. The fraction of sp³-hybridized carbons (Fsp3) is 0.500. The Balaban J connectivity index is 1.66. The summed E-state index contributed by atoms with van der Waals surface area (Å²) in [4.78, 5) is 13.8. The van der Waals surface area contributed by atoms with Crippen molar-refractivity contribution in [2.24, 2.45) is 5.73 Å². The number of nitrogens with two attached hydrogens (primary N) is 1. The summed E-state index contributed by atoms with van der Waals surface area (Å²) in [5, 5.41) is 3.87. The van der Waals surface area contributed by atoms with E-state index in [1.807, 2.05) is 6.07 Å². The molecule has 0 bridgehead atoms. The van der Waals surface area contributed by atoms with Crippen LogP contribution in [0.3, 0.4) is 0 Å². The predicted octanol–water partition coefficient (Wildman–Crippen LogP) is 2.09. The molecule has 1 aromatic carbocycles. The molecule has 2 aliphatic rings. The van der Waals surface area contributed by atoms with Crippen LogP contribution in [0.15, 0.2) is 18.2 Å². The summed E-state index contributed by atoms with van der Waals surface area (Å²) in [5.74, 6) is -0.486. The summed E-state index contributed by atoms with van der Waals surface area (Å²) >= 11 is 5.94. The maximum absolute atomic E-state index is 11.3.